The van der Waals surface area contributed by atoms with Gasteiger partial charge in [-0.25, -0.2) is 8.42 Å². The van der Waals surface area contributed by atoms with E-state index in [1.54, 1.807) is 19.2 Å². The first-order chi connectivity index (χ1) is 12.2. The molecule has 0 saturated carbocycles. The number of para-hydroxylation sites is 1. The smallest absolute Gasteiger partial charge is 0.243 e. The summed E-state index contributed by atoms with van der Waals surface area (Å²) < 4.78 is 33.4. The molecule has 1 atom stereocenters. The average Bonchev–Trinajstić information content (AvgIpc) is 3.04. The molecule has 5 nitrogen and oxygen atoms in total. The van der Waals surface area contributed by atoms with E-state index in [1.165, 1.54) is 4.31 Å². The second-order valence-electron chi connectivity index (χ2n) is 6.73. The van der Waals surface area contributed by atoms with Crippen molar-refractivity contribution >= 4 is 26.7 Å². The second-order valence-corrected chi connectivity index (χ2v) is 8.72. The van der Waals surface area contributed by atoms with Crippen molar-refractivity contribution in [3.8, 4) is 0 Å². The zero-order chi connectivity index (χ0) is 19.1. The van der Waals surface area contributed by atoms with E-state index in [4.69, 9.17) is 4.42 Å². The summed E-state index contributed by atoms with van der Waals surface area (Å²) >= 11 is 0. The van der Waals surface area contributed by atoms with Gasteiger partial charge in [0.1, 0.15) is 11.3 Å². The minimum absolute atomic E-state index is 0.275. The summed E-state index contributed by atoms with van der Waals surface area (Å²) in [5.74, 6) is 0.622. The number of sulfonamides is 1. The van der Waals surface area contributed by atoms with Crippen LogP contribution in [0.4, 0.5) is 5.69 Å². The summed E-state index contributed by atoms with van der Waals surface area (Å²) in [6.07, 6.45) is 0. The SMILES string of the molecule is Cc1ccc(S(=O)(=O)N(C)C(C)c2cc3ccccc3o2)cc1N(C)C. The van der Waals surface area contributed by atoms with Crippen molar-refractivity contribution < 1.29 is 12.8 Å². The molecule has 0 bridgehead atoms. The first-order valence-electron chi connectivity index (χ1n) is 8.46. The van der Waals surface area contributed by atoms with Gasteiger partial charge in [0.05, 0.1) is 10.9 Å². The zero-order valence-electron chi connectivity index (χ0n) is 15.7. The van der Waals surface area contributed by atoms with E-state index in [1.807, 2.05) is 69.2 Å². The molecule has 3 rings (SSSR count). The highest BCUT2D eigenvalue weighted by Crippen LogP contribution is 2.31. The third kappa shape index (κ3) is 3.22. The quantitative estimate of drug-likeness (QED) is 0.674. The van der Waals surface area contributed by atoms with Gasteiger partial charge in [-0.05, 0) is 43.7 Å². The summed E-state index contributed by atoms with van der Waals surface area (Å²) in [7, 11) is 1.74. The summed E-state index contributed by atoms with van der Waals surface area (Å²) in [6.45, 7) is 3.79. The monoisotopic (exact) mass is 372 g/mol. The molecule has 0 radical (unpaired) electrons. The lowest BCUT2D eigenvalue weighted by atomic mass is 10.2. The van der Waals surface area contributed by atoms with Crippen LogP contribution in [0.5, 0.6) is 0 Å². The van der Waals surface area contributed by atoms with Crippen molar-refractivity contribution in [1.82, 2.24) is 4.31 Å². The Bertz CT molecular complexity index is 1010. The van der Waals surface area contributed by atoms with Crippen LogP contribution in [0.25, 0.3) is 11.0 Å². The largest absolute Gasteiger partial charge is 0.459 e. The summed E-state index contributed by atoms with van der Waals surface area (Å²) in [4.78, 5) is 2.19. The van der Waals surface area contributed by atoms with Crippen LogP contribution in [-0.4, -0.2) is 33.9 Å². The maximum atomic E-state index is 13.1. The van der Waals surface area contributed by atoms with Gasteiger partial charge in [-0.3, -0.25) is 0 Å². The van der Waals surface area contributed by atoms with Crippen LogP contribution in [0.1, 0.15) is 24.3 Å². The highest BCUT2D eigenvalue weighted by molar-refractivity contribution is 7.89. The highest BCUT2D eigenvalue weighted by Gasteiger charge is 2.29. The van der Waals surface area contributed by atoms with Gasteiger partial charge in [0.25, 0.3) is 0 Å². The van der Waals surface area contributed by atoms with Crippen molar-refractivity contribution in [2.45, 2.75) is 24.8 Å². The van der Waals surface area contributed by atoms with Crippen molar-refractivity contribution in [2.24, 2.45) is 0 Å². The lowest BCUT2D eigenvalue weighted by Crippen LogP contribution is -2.29. The lowest BCUT2D eigenvalue weighted by Gasteiger charge is -2.24. The van der Waals surface area contributed by atoms with Crippen molar-refractivity contribution in [2.75, 3.05) is 26.0 Å². The Morgan fingerprint density at radius 3 is 2.35 bits per heavy atom. The Balaban J connectivity index is 1.97. The van der Waals surface area contributed by atoms with E-state index in [0.29, 0.717) is 5.76 Å². The molecule has 6 heteroatoms. The number of benzene rings is 2. The molecule has 1 unspecified atom stereocenters. The molecule has 0 saturated heterocycles. The van der Waals surface area contributed by atoms with Gasteiger partial charge in [-0.15, -0.1) is 0 Å². The van der Waals surface area contributed by atoms with Crippen LogP contribution in [0.15, 0.2) is 57.8 Å². The van der Waals surface area contributed by atoms with Gasteiger partial charge in [0.15, 0.2) is 0 Å². The van der Waals surface area contributed by atoms with E-state index < -0.39 is 16.1 Å². The molecule has 0 fully saturated rings. The summed E-state index contributed by atoms with van der Waals surface area (Å²) in [5, 5.41) is 0.963. The summed E-state index contributed by atoms with van der Waals surface area (Å²) in [6, 6.07) is 14.3. The molecule has 0 aliphatic heterocycles. The number of fused-ring (bicyclic) bond motifs is 1. The van der Waals surface area contributed by atoms with Crippen molar-refractivity contribution in [3.63, 3.8) is 0 Å². The molecule has 0 aliphatic carbocycles. The first kappa shape index (κ1) is 18.5. The molecular weight excluding hydrogens is 348 g/mol. The van der Waals surface area contributed by atoms with Gasteiger partial charge < -0.3 is 9.32 Å². The van der Waals surface area contributed by atoms with Crippen LogP contribution in [-0.2, 0) is 10.0 Å². The average molecular weight is 372 g/mol. The maximum Gasteiger partial charge on any atom is 0.243 e. The molecule has 0 aliphatic rings. The molecule has 3 aromatic rings. The molecule has 1 aromatic heterocycles. The fourth-order valence-electron chi connectivity index (χ4n) is 2.99. The molecule has 2 aromatic carbocycles. The minimum atomic E-state index is -3.65. The normalized spacial score (nSPS) is 13.3. The van der Waals surface area contributed by atoms with Crippen LogP contribution in [0.2, 0.25) is 0 Å². The van der Waals surface area contributed by atoms with Crippen LogP contribution in [0, 0.1) is 6.92 Å². The van der Waals surface area contributed by atoms with Crippen molar-refractivity contribution in [1.29, 1.82) is 0 Å². The predicted molar refractivity (Wildman–Crippen MR) is 105 cm³/mol. The Labute approximate surface area is 154 Å². The number of nitrogens with zero attached hydrogens (tertiary/aromatic N) is 2. The van der Waals surface area contributed by atoms with Gasteiger partial charge >= 0.3 is 0 Å². The molecule has 1 heterocycles. The first-order valence-corrected chi connectivity index (χ1v) is 9.90. The Morgan fingerprint density at radius 1 is 1.00 bits per heavy atom. The molecule has 0 spiro atoms. The van der Waals surface area contributed by atoms with Gasteiger partial charge in [0.2, 0.25) is 10.0 Å². The molecule has 26 heavy (non-hydrogen) atoms. The number of aryl methyl sites for hydroxylation is 1. The molecule has 138 valence electrons. The predicted octanol–water partition coefficient (Wildman–Crippen LogP) is 4.19. The molecule has 0 amide bonds. The van der Waals surface area contributed by atoms with E-state index in [-0.39, 0.29) is 4.90 Å². The van der Waals surface area contributed by atoms with Gasteiger partial charge in [-0.2, -0.15) is 4.31 Å². The minimum Gasteiger partial charge on any atom is -0.459 e. The van der Waals surface area contributed by atoms with Crippen molar-refractivity contribution in [3.05, 3.63) is 59.9 Å². The zero-order valence-corrected chi connectivity index (χ0v) is 16.5. The number of rotatable bonds is 5. The van der Waals surface area contributed by atoms with E-state index in [9.17, 15) is 8.42 Å². The van der Waals surface area contributed by atoms with Crippen LogP contribution < -0.4 is 4.90 Å². The fourth-order valence-corrected chi connectivity index (χ4v) is 4.35. The number of furan rings is 1. The standard InChI is InChI=1S/C20H24N2O3S/c1-14-10-11-17(13-18(14)21(3)4)26(23,24)22(5)15(2)20-12-16-8-6-7-9-19(16)25-20/h6-13,15H,1-5H3. The molecule has 0 N–H and O–H groups in total. The van der Waals surface area contributed by atoms with Crippen LogP contribution in [0.3, 0.4) is 0 Å². The topological polar surface area (TPSA) is 53.8 Å². The Hall–Kier alpha value is -2.31. The van der Waals surface area contributed by atoms with E-state index in [0.717, 1.165) is 22.2 Å². The highest BCUT2D eigenvalue weighted by atomic mass is 32.2. The second kappa shape index (κ2) is 6.78. The number of hydrogen-bond donors (Lipinski definition) is 0. The number of hydrogen-bond acceptors (Lipinski definition) is 4. The van der Waals surface area contributed by atoms with E-state index >= 15 is 0 Å². The number of anilines is 1. The lowest BCUT2D eigenvalue weighted by molar-refractivity contribution is 0.348. The van der Waals surface area contributed by atoms with Gasteiger partial charge in [-0.1, -0.05) is 24.3 Å². The van der Waals surface area contributed by atoms with E-state index in [2.05, 4.69) is 0 Å². The molecular formula is C20H24N2O3S. The Kier molecular flexibility index (Phi) is 4.82. The van der Waals surface area contributed by atoms with Crippen LogP contribution >= 0.6 is 0 Å². The maximum absolute atomic E-state index is 13.1. The third-order valence-electron chi connectivity index (χ3n) is 4.74. The Morgan fingerprint density at radius 2 is 1.69 bits per heavy atom. The van der Waals surface area contributed by atoms with Gasteiger partial charge in [0, 0.05) is 32.2 Å². The summed E-state index contributed by atoms with van der Waals surface area (Å²) in [5.41, 5.74) is 2.67. The fraction of sp³-hybridized carbons (Fsp3) is 0.300. The third-order valence-corrected chi connectivity index (χ3v) is 6.67.